The molecule has 0 N–H and O–H groups in total. The van der Waals surface area contributed by atoms with Crippen LogP contribution in [0.2, 0.25) is 0 Å². The zero-order valence-electron chi connectivity index (χ0n) is 23.0. The maximum Gasteiger partial charge on any atom is 0.228 e. The van der Waals surface area contributed by atoms with Crippen LogP contribution >= 0.6 is 0 Å². The van der Waals surface area contributed by atoms with Gasteiger partial charge in [0.25, 0.3) is 0 Å². The smallest absolute Gasteiger partial charge is 0.228 e. The predicted molar refractivity (Wildman–Crippen MR) is 153 cm³/mol. The summed E-state index contributed by atoms with van der Waals surface area (Å²) in [6.07, 6.45) is 5.11. The van der Waals surface area contributed by atoms with Gasteiger partial charge in [0, 0.05) is 54.5 Å². The summed E-state index contributed by atoms with van der Waals surface area (Å²) in [5.41, 5.74) is 4.04. The quantitative estimate of drug-likeness (QED) is 0.230. The highest BCUT2D eigenvalue weighted by molar-refractivity contribution is 5.95. The summed E-state index contributed by atoms with van der Waals surface area (Å²) in [5, 5.41) is 0. The van der Waals surface area contributed by atoms with Gasteiger partial charge in [-0.15, -0.1) is 0 Å². The highest BCUT2D eigenvalue weighted by Crippen LogP contribution is 2.33. The number of rotatable bonds is 7. The van der Waals surface area contributed by atoms with Gasteiger partial charge >= 0.3 is 0 Å². The van der Waals surface area contributed by atoms with Crippen molar-refractivity contribution in [2.45, 2.75) is 45.2 Å². The van der Waals surface area contributed by atoms with Crippen molar-refractivity contribution in [3.8, 4) is 17.0 Å². The number of benzene rings is 2. The lowest BCUT2D eigenvalue weighted by Gasteiger charge is -2.21. The average Bonchev–Trinajstić information content (AvgIpc) is 3.50. The molecule has 41 heavy (non-hydrogen) atoms. The van der Waals surface area contributed by atoms with Gasteiger partial charge in [0.2, 0.25) is 11.8 Å². The lowest BCUT2D eigenvalue weighted by molar-refractivity contribution is -0.117. The molecular formula is C32H29F2N5O2. The van der Waals surface area contributed by atoms with Gasteiger partial charge in [0.1, 0.15) is 23.3 Å². The molecule has 4 heterocycles. The lowest BCUT2D eigenvalue weighted by Crippen LogP contribution is -2.31. The zero-order chi connectivity index (χ0) is 28.7. The molecule has 1 amide bonds. The molecule has 0 bridgehead atoms. The van der Waals surface area contributed by atoms with Crippen LogP contribution in [0.3, 0.4) is 0 Å². The van der Waals surface area contributed by atoms with Crippen LogP contribution in [0.4, 0.5) is 14.6 Å². The first-order valence-electron chi connectivity index (χ1n) is 13.6. The van der Waals surface area contributed by atoms with E-state index in [2.05, 4.69) is 14.5 Å². The SMILES string of the molecule is COc1ccc(-c2cc3c(cc2F)nc(Cc2ccc(N4C(=O)CCC4C)nc2)n3[C@@H](C)c2ccc(F)cc2)cn1. The Balaban J connectivity index is 1.43. The summed E-state index contributed by atoms with van der Waals surface area (Å²) in [6.45, 7) is 4.03. The summed E-state index contributed by atoms with van der Waals surface area (Å²) in [7, 11) is 1.53. The number of imidazole rings is 1. The first-order chi connectivity index (χ1) is 19.8. The van der Waals surface area contributed by atoms with Crippen LogP contribution in [0.15, 0.2) is 73.1 Å². The van der Waals surface area contributed by atoms with E-state index in [-0.39, 0.29) is 23.8 Å². The van der Waals surface area contributed by atoms with Crippen LogP contribution in [0.5, 0.6) is 5.88 Å². The number of carbonyl (C=O) groups is 1. The highest BCUT2D eigenvalue weighted by atomic mass is 19.1. The molecule has 0 radical (unpaired) electrons. The Morgan fingerprint density at radius 3 is 2.46 bits per heavy atom. The fourth-order valence-electron chi connectivity index (χ4n) is 5.52. The summed E-state index contributed by atoms with van der Waals surface area (Å²) in [5.74, 6) is 1.14. The van der Waals surface area contributed by atoms with E-state index in [0.717, 1.165) is 23.1 Å². The molecule has 2 aromatic carbocycles. The topological polar surface area (TPSA) is 73.1 Å². The number of methoxy groups -OCH3 is 1. The number of ether oxygens (including phenoxy) is 1. The third kappa shape index (κ3) is 5.03. The predicted octanol–water partition coefficient (Wildman–Crippen LogP) is 6.50. The molecule has 6 rings (SSSR count). The van der Waals surface area contributed by atoms with Gasteiger partial charge < -0.3 is 9.30 Å². The fourth-order valence-corrected chi connectivity index (χ4v) is 5.52. The van der Waals surface area contributed by atoms with Crippen molar-refractivity contribution in [2.24, 2.45) is 0 Å². The molecular weight excluding hydrogens is 524 g/mol. The van der Waals surface area contributed by atoms with Gasteiger partial charge in [-0.05, 0) is 61.7 Å². The summed E-state index contributed by atoms with van der Waals surface area (Å²) < 4.78 is 36.3. The van der Waals surface area contributed by atoms with Crippen LogP contribution in [0.25, 0.3) is 22.2 Å². The molecule has 1 saturated heterocycles. The van der Waals surface area contributed by atoms with Crippen molar-refractivity contribution in [1.29, 1.82) is 0 Å². The Morgan fingerprint density at radius 2 is 1.83 bits per heavy atom. The van der Waals surface area contributed by atoms with Gasteiger partial charge in [0.15, 0.2) is 0 Å². The van der Waals surface area contributed by atoms with Gasteiger partial charge in [-0.3, -0.25) is 9.69 Å². The normalized spacial score (nSPS) is 16.0. The molecule has 5 aromatic rings. The molecule has 9 heteroatoms. The van der Waals surface area contributed by atoms with Gasteiger partial charge in [-0.25, -0.2) is 23.7 Å². The number of carbonyl (C=O) groups excluding carboxylic acids is 1. The minimum absolute atomic E-state index is 0.0811. The van der Waals surface area contributed by atoms with Gasteiger partial charge in [-0.1, -0.05) is 18.2 Å². The molecule has 0 aliphatic carbocycles. The van der Waals surface area contributed by atoms with E-state index in [9.17, 15) is 9.18 Å². The number of anilines is 1. The molecule has 0 spiro atoms. The van der Waals surface area contributed by atoms with E-state index in [1.165, 1.54) is 25.3 Å². The number of amides is 1. The number of aromatic nitrogens is 4. The molecule has 2 atom stereocenters. The Kier molecular flexibility index (Phi) is 6.95. The van der Waals surface area contributed by atoms with Crippen molar-refractivity contribution < 1.29 is 18.3 Å². The first kappa shape index (κ1) is 26.6. The van der Waals surface area contributed by atoms with Gasteiger partial charge in [-0.2, -0.15) is 0 Å². The summed E-state index contributed by atoms with van der Waals surface area (Å²) in [6, 6.07) is 16.7. The molecule has 1 unspecified atom stereocenters. The zero-order valence-corrected chi connectivity index (χ0v) is 23.0. The second-order valence-corrected chi connectivity index (χ2v) is 10.4. The van der Waals surface area contributed by atoms with E-state index >= 15 is 4.39 Å². The minimum atomic E-state index is -0.412. The van der Waals surface area contributed by atoms with Crippen molar-refractivity contribution in [2.75, 3.05) is 12.0 Å². The minimum Gasteiger partial charge on any atom is -0.481 e. The molecule has 3 aromatic heterocycles. The molecule has 1 aliphatic rings. The number of hydrogen-bond donors (Lipinski definition) is 0. The average molecular weight is 554 g/mol. The number of halogens is 2. The molecule has 208 valence electrons. The van der Waals surface area contributed by atoms with Crippen molar-refractivity contribution in [3.05, 3.63) is 102 Å². The molecule has 1 fully saturated rings. The second-order valence-electron chi connectivity index (χ2n) is 10.4. The van der Waals surface area contributed by atoms with Crippen LogP contribution < -0.4 is 9.64 Å². The lowest BCUT2D eigenvalue weighted by atomic mass is 10.0. The van der Waals surface area contributed by atoms with Crippen LogP contribution in [0.1, 0.15) is 49.7 Å². The molecule has 1 aliphatic heterocycles. The van der Waals surface area contributed by atoms with E-state index in [1.54, 1.807) is 47.6 Å². The Labute approximate surface area is 236 Å². The maximum absolute atomic E-state index is 15.4. The Hall–Kier alpha value is -4.66. The van der Waals surface area contributed by atoms with E-state index in [0.29, 0.717) is 47.0 Å². The van der Waals surface area contributed by atoms with Crippen molar-refractivity contribution >= 4 is 22.8 Å². The summed E-state index contributed by atoms with van der Waals surface area (Å²) >= 11 is 0. The third-order valence-electron chi connectivity index (χ3n) is 7.75. The molecule has 0 saturated carbocycles. The highest BCUT2D eigenvalue weighted by Gasteiger charge is 2.29. The van der Waals surface area contributed by atoms with Crippen LogP contribution in [-0.2, 0) is 11.2 Å². The number of fused-ring (bicyclic) bond motifs is 1. The Bertz CT molecular complexity index is 1720. The number of hydrogen-bond acceptors (Lipinski definition) is 5. The molecule has 7 nitrogen and oxygen atoms in total. The fraction of sp³-hybridized carbons (Fsp3) is 0.250. The number of nitrogens with zero attached hydrogens (tertiary/aromatic N) is 5. The first-order valence-corrected chi connectivity index (χ1v) is 13.6. The largest absolute Gasteiger partial charge is 0.481 e. The Morgan fingerprint density at radius 1 is 1.02 bits per heavy atom. The standard InChI is InChI=1S/C32H29F2N5O2/c1-19-4-13-32(40)38(19)29-11-5-21(17-35-29)14-30-37-27-16-26(34)25(23-8-12-31(41-3)36-18-23)15-28(27)39(30)20(2)22-6-9-24(33)10-7-22/h5-12,15-20H,4,13-14H2,1-3H3/t19?,20-/m0/s1. The second kappa shape index (κ2) is 10.7. The monoisotopic (exact) mass is 553 g/mol. The van der Waals surface area contributed by atoms with Crippen molar-refractivity contribution in [1.82, 2.24) is 19.5 Å². The van der Waals surface area contributed by atoms with E-state index in [4.69, 9.17) is 9.72 Å². The van der Waals surface area contributed by atoms with Gasteiger partial charge in [0.05, 0.1) is 24.2 Å². The summed E-state index contributed by atoms with van der Waals surface area (Å²) in [4.78, 5) is 27.7. The van der Waals surface area contributed by atoms with Crippen LogP contribution in [-0.4, -0.2) is 38.6 Å². The van der Waals surface area contributed by atoms with Crippen LogP contribution in [0, 0.1) is 11.6 Å². The van der Waals surface area contributed by atoms with Crippen molar-refractivity contribution in [3.63, 3.8) is 0 Å². The maximum atomic E-state index is 15.4. The van der Waals surface area contributed by atoms with E-state index < -0.39 is 5.82 Å². The number of pyridine rings is 2. The third-order valence-corrected chi connectivity index (χ3v) is 7.75. The van der Waals surface area contributed by atoms with E-state index in [1.807, 2.05) is 26.0 Å².